The van der Waals surface area contributed by atoms with Crippen molar-refractivity contribution in [3.63, 3.8) is 0 Å². The van der Waals surface area contributed by atoms with Gasteiger partial charge in [-0.25, -0.2) is 4.99 Å². The number of aliphatic imine (C=N–C) groups is 2. The molecule has 0 radical (unpaired) electrons. The Hall–Kier alpha value is -1.12. The van der Waals surface area contributed by atoms with Gasteiger partial charge in [-0.3, -0.25) is 4.99 Å². The Morgan fingerprint density at radius 3 is 3.00 bits per heavy atom. The van der Waals surface area contributed by atoms with Crippen LogP contribution in [-0.2, 0) is 0 Å². The molecule has 0 aromatic carbocycles. The fourth-order valence-corrected chi connectivity index (χ4v) is 0.613. The average molecular weight is 137 g/mol. The van der Waals surface area contributed by atoms with Crippen LogP contribution in [0.3, 0.4) is 0 Å². The smallest absolute Gasteiger partial charge is 0.0907 e. The zero-order valence-corrected chi connectivity index (χ0v) is 6.28. The van der Waals surface area contributed by atoms with E-state index in [2.05, 4.69) is 9.98 Å². The Bertz CT molecular complexity index is 189. The number of hydrogen-bond acceptors (Lipinski definition) is 2. The van der Waals surface area contributed by atoms with Crippen LogP contribution in [0.1, 0.15) is 0 Å². The first-order chi connectivity index (χ1) is 4.79. The van der Waals surface area contributed by atoms with E-state index in [0.29, 0.717) is 0 Å². The quantitative estimate of drug-likeness (QED) is 0.403. The largest absolute Gasteiger partial charge is 0.369 e. The second kappa shape index (κ2) is 3.15. The van der Waals surface area contributed by atoms with E-state index < -0.39 is 0 Å². The summed E-state index contributed by atoms with van der Waals surface area (Å²) in [6.07, 6.45) is 5.53. The molecule has 0 saturated heterocycles. The molecule has 54 valence electrons. The first kappa shape index (κ1) is 6.99. The van der Waals surface area contributed by atoms with E-state index in [1.807, 2.05) is 25.1 Å². The molecule has 0 bridgehead atoms. The fraction of sp³-hybridized carbons (Fsp3) is 0.429. The van der Waals surface area contributed by atoms with Gasteiger partial charge in [0, 0.05) is 20.3 Å². The molecule has 0 spiro atoms. The van der Waals surface area contributed by atoms with Crippen molar-refractivity contribution in [2.24, 2.45) is 9.98 Å². The molecule has 0 fully saturated rings. The minimum Gasteiger partial charge on any atom is -0.369 e. The lowest BCUT2D eigenvalue weighted by Crippen LogP contribution is -2.07. The molecule has 1 rings (SSSR count). The lowest BCUT2D eigenvalue weighted by Gasteiger charge is -2.00. The summed E-state index contributed by atoms with van der Waals surface area (Å²) in [4.78, 5) is 10.0. The normalized spacial score (nSPS) is 16.4. The lowest BCUT2D eigenvalue weighted by atomic mass is 10.5. The summed E-state index contributed by atoms with van der Waals surface area (Å²) in [5, 5.41) is 0. The second-order valence-corrected chi connectivity index (χ2v) is 2.33. The zero-order valence-electron chi connectivity index (χ0n) is 6.28. The number of allylic oxidation sites excluding steroid dienone is 1. The van der Waals surface area contributed by atoms with Gasteiger partial charge in [0.2, 0.25) is 0 Å². The van der Waals surface area contributed by atoms with Crippen LogP contribution in [0.4, 0.5) is 0 Å². The molecule has 0 aromatic rings. The van der Waals surface area contributed by atoms with Gasteiger partial charge >= 0.3 is 0 Å². The van der Waals surface area contributed by atoms with Crippen molar-refractivity contribution in [2.75, 3.05) is 20.6 Å². The molecule has 3 nitrogen and oxygen atoms in total. The SMILES string of the molecule is CN(C)C=NC1=CCN=C1. The minimum absolute atomic E-state index is 0.778. The molecule has 0 saturated carbocycles. The third-order valence-electron chi connectivity index (χ3n) is 1.07. The Morgan fingerprint density at radius 1 is 1.70 bits per heavy atom. The summed E-state index contributed by atoms with van der Waals surface area (Å²) >= 11 is 0. The van der Waals surface area contributed by atoms with E-state index >= 15 is 0 Å². The summed E-state index contributed by atoms with van der Waals surface area (Å²) in [5.41, 5.74) is 0.953. The van der Waals surface area contributed by atoms with E-state index in [1.165, 1.54) is 0 Å². The number of hydrogen-bond donors (Lipinski definition) is 0. The molecule has 0 unspecified atom stereocenters. The van der Waals surface area contributed by atoms with Gasteiger partial charge < -0.3 is 4.90 Å². The minimum atomic E-state index is 0.778. The van der Waals surface area contributed by atoms with Crippen molar-refractivity contribution < 1.29 is 0 Å². The molecule has 0 aliphatic carbocycles. The predicted octanol–water partition coefficient (Wildman–Crippen LogP) is 0.545. The highest BCUT2D eigenvalue weighted by Crippen LogP contribution is 1.98. The highest BCUT2D eigenvalue weighted by Gasteiger charge is 1.92. The molecular formula is C7H11N3. The summed E-state index contributed by atoms with van der Waals surface area (Å²) in [7, 11) is 3.88. The van der Waals surface area contributed by atoms with E-state index in [1.54, 1.807) is 12.6 Å². The van der Waals surface area contributed by atoms with Crippen molar-refractivity contribution in [1.29, 1.82) is 0 Å². The average Bonchev–Trinajstić information content (AvgIpc) is 2.34. The van der Waals surface area contributed by atoms with E-state index in [4.69, 9.17) is 0 Å². The van der Waals surface area contributed by atoms with Crippen LogP contribution >= 0.6 is 0 Å². The zero-order chi connectivity index (χ0) is 7.40. The van der Waals surface area contributed by atoms with Gasteiger partial charge in [0.05, 0.1) is 18.6 Å². The van der Waals surface area contributed by atoms with Gasteiger partial charge in [-0.15, -0.1) is 0 Å². The van der Waals surface area contributed by atoms with Crippen LogP contribution in [0, 0.1) is 0 Å². The van der Waals surface area contributed by atoms with Gasteiger partial charge in [-0.2, -0.15) is 0 Å². The lowest BCUT2D eigenvalue weighted by molar-refractivity contribution is 0.642. The van der Waals surface area contributed by atoms with Crippen LogP contribution < -0.4 is 0 Å². The predicted molar refractivity (Wildman–Crippen MR) is 43.6 cm³/mol. The van der Waals surface area contributed by atoms with E-state index in [0.717, 1.165) is 12.2 Å². The van der Waals surface area contributed by atoms with Gasteiger partial charge in [0.25, 0.3) is 0 Å². The van der Waals surface area contributed by atoms with E-state index in [9.17, 15) is 0 Å². The van der Waals surface area contributed by atoms with E-state index in [-0.39, 0.29) is 0 Å². The molecular weight excluding hydrogens is 126 g/mol. The number of nitrogens with zero attached hydrogens (tertiary/aromatic N) is 3. The molecule has 0 amide bonds. The Morgan fingerprint density at radius 2 is 2.50 bits per heavy atom. The van der Waals surface area contributed by atoms with Gasteiger partial charge in [-0.1, -0.05) is 0 Å². The molecule has 0 atom stereocenters. The van der Waals surface area contributed by atoms with Gasteiger partial charge in [-0.05, 0) is 6.08 Å². The van der Waals surface area contributed by atoms with Crippen molar-refractivity contribution in [2.45, 2.75) is 0 Å². The maximum atomic E-state index is 4.14. The molecule has 1 aliphatic rings. The summed E-state index contributed by atoms with van der Waals surface area (Å²) in [6.45, 7) is 0.778. The highest BCUT2D eigenvalue weighted by atomic mass is 15.1. The molecule has 10 heavy (non-hydrogen) atoms. The number of rotatable bonds is 2. The van der Waals surface area contributed by atoms with Crippen molar-refractivity contribution >= 4 is 12.6 Å². The van der Waals surface area contributed by atoms with Crippen LogP contribution in [0.5, 0.6) is 0 Å². The molecule has 3 heteroatoms. The van der Waals surface area contributed by atoms with Crippen LogP contribution in [-0.4, -0.2) is 38.1 Å². The molecule has 1 aliphatic heterocycles. The van der Waals surface area contributed by atoms with Crippen molar-refractivity contribution in [3.05, 3.63) is 11.8 Å². The summed E-state index contributed by atoms with van der Waals surface area (Å²) in [5.74, 6) is 0. The first-order valence-corrected chi connectivity index (χ1v) is 3.19. The third kappa shape index (κ3) is 2.01. The third-order valence-corrected chi connectivity index (χ3v) is 1.07. The maximum absolute atomic E-state index is 4.14. The van der Waals surface area contributed by atoms with Crippen LogP contribution in [0.25, 0.3) is 0 Å². The second-order valence-electron chi connectivity index (χ2n) is 2.33. The van der Waals surface area contributed by atoms with Crippen LogP contribution in [0.15, 0.2) is 21.8 Å². The summed E-state index contributed by atoms with van der Waals surface area (Å²) < 4.78 is 0. The maximum Gasteiger partial charge on any atom is 0.0907 e. The van der Waals surface area contributed by atoms with Gasteiger partial charge in [0.15, 0.2) is 0 Å². The topological polar surface area (TPSA) is 28.0 Å². The Labute approximate surface area is 60.8 Å². The van der Waals surface area contributed by atoms with Crippen molar-refractivity contribution in [3.8, 4) is 0 Å². The summed E-state index contributed by atoms with van der Waals surface area (Å²) in [6, 6.07) is 0. The monoisotopic (exact) mass is 137 g/mol. The Balaban J connectivity index is 2.45. The van der Waals surface area contributed by atoms with Crippen LogP contribution in [0.2, 0.25) is 0 Å². The molecule has 0 aromatic heterocycles. The van der Waals surface area contributed by atoms with Gasteiger partial charge in [0.1, 0.15) is 0 Å². The standard InChI is InChI=1S/C7H11N3/c1-10(2)6-9-7-3-4-8-5-7/h3,5-6H,4H2,1-2H3. The first-order valence-electron chi connectivity index (χ1n) is 3.19. The molecule has 0 N–H and O–H groups in total. The van der Waals surface area contributed by atoms with Crippen molar-refractivity contribution in [1.82, 2.24) is 4.90 Å². The fourth-order valence-electron chi connectivity index (χ4n) is 0.613. The highest BCUT2D eigenvalue weighted by molar-refractivity contribution is 5.82. The Kier molecular flexibility index (Phi) is 2.20. The molecule has 1 heterocycles.